The van der Waals surface area contributed by atoms with Gasteiger partial charge in [-0.25, -0.2) is 10.4 Å². The van der Waals surface area contributed by atoms with Crippen LogP contribution in [0, 0.1) is 17.8 Å². The van der Waals surface area contributed by atoms with Crippen LogP contribution in [0.1, 0.15) is 77.0 Å². The Morgan fingerprint density at radius 3 is 2.45 bits per heavy atom. The Hall–Kier alpha value is -1.12. The number of hydrogen-bond donors (Lipinski definition) is 2. The number of carbonyl (C=O) groups is 1. The van der Waals surface area contributed by atoms with E-state index >= 15 is 0 Å². The maximum atomic E-state index is 13.1. The average Bonchev–Trinajstić information content (AvgIpc) is 3.19. The molecule has 0 spiro atoms. The van der Waals surface area contributed by atoms with Crippen LogP contribution < -0.4 is 10.7 Å². The SMILES string of the molecule is C=CC(=O)NCC1NN(C2CCC(C(F)(F)F)CC2)C2CCC(OCC3CCCCC3)CC12. The van der Waals surface area contributed by atoms with Crippen molar-refractivity contribution in [3.63, 3.8) is 0 Å². The molecule has 188 valence electrons. The summed E-state index contributed by atoms with van der Waals surface area (Å²) in [7, 11) is 0. The second kappa shape index (κ2) is 11.1. The molecule has 0 aromatic rings. The third kappa shape index (κ3) is 6.31. The minimum Gasteiger partial charge on any atom is -0.378 e. The molecule has 1 amide bonds. The normalized spacial score (nSPS) is 36.3. The van der Waals surface area contributed by atoms with Crippen LogP contribution in [-0.4, -0.2) is 54.5 Å². The fourth-order valence-corrected chi connectivity index (χ4v) is 6.62. The van der Waals surface area contributed by atoms with Crippen LogP contribution in [-0.2, 0) is 9.53 Å². The van der Waals surface area contributed by atoms with E-state index in [4.69, 9.17) is 4.74 Å². The monoisotopic (exact) mass is 471 g/mol. The number of carbonyl (C=O) groups excluding carboxylic acids is 1. The van der Waals surface area contributed by atoms with Crippen LogP contribution in [0.15, 0.2) is 12.7 Å². The highest BCUT2D eigenvalue weighted by atomic mass is 19.4. The van der Waals surface area contributed by atoms with Gasteiger partial charge in [0.2, 0.25) is 5.91 Å². The molecule has 4 atom stereocenters. The van der Waals surface area contributed by atoms with Gasteiger partial charge < -0.3 is 10.1 Å². The third-order valence-electron chi connectivity index (χ3n) is 8.53. The molecule has 8 heteroatoms. The molecule has 4 rings (SSSR count). The molecule has 4 aliphatic rings. The van der Waals surface area contributed by atoms with Crippen molar-refractivity contribution in [2.24, 2.45) is 17.8 Å². The van der Waals surface area contributed by atoms with E-state index < -0.39 is 12.1 Å². The summed E-state index contributed by atoms with van der Waals surface area (Å²) < 4.78 is 45.8. The summed E-state index contributed by atoms with van der Waals surface area (Å²) in [5.41, 5.74) is 3.61. The Morgan fingerprint density at radius 1 is 1.06 bits per heavy atom. The van der Waals surface area contributed by atoms with Gasteiger partial charge in [-0.3, -0.25) is 4.79 Å². The number of hydrazine groups is 1. The van der Waals surface area contributed by atoms with Gasteiger partial charge in [0, 0.05) is 31.3 Å². The highest BCUT2D eigenvalue weighted by Gasteiger charge is 2.49. The van der Waals surface area contributed by atoms with Gasteiger partial charge in [-0.05, 0) is 75.7 Å². The highest BCUT2D eigenvalue weighted by Crippen LogP contribution is 2.43. The zero-order valence-electron chi connectivity index (χ0n) is 19.6. The third-order valence-corrected chi connectivity index (χ3v) is 8.53. The number of rotatable bonds is 7. The van der Waals surface area contributed by atoms with E-state index in [9.17, 15) is 18.0 Å². The Morgan fingerprint density at radius 2 is 1.79 bits per heavy atom. The molecule has 1 heterocycles. The predicted molar refractivity (Wildman–Crippen MR) is 121 cm³/mol. The van der Waals surface area contributed by atoms with Gasteiger partial charge in [0.15, 0.2) is 0 Å². The van der Waals surface area contributed by atoms with E-state index in [1.165, 1.54) is 38.2 Å². The minimum atomic E-state index is -4.09. The van der Waals surface area contributed by atoms with Crippen molar-refractivity contribution in [1.82, 2.24) is 15.8 Å². The van der Waals surface area contributed by atoms with Crippen LogP contribution in [0.3, 0.4) is 0 Å². The first-order valence-corrected chi connectivity index (χ1v) is 13.0. The highest BCUT2D eigenvalue weighted by molar-refractivity contribution is 5.86. The Kier molecular flexibility index (Phi) is 8.39. The Labute approximate surface area is 195 Å². The summed E-state index contributed by atoms with van der Waals surface area (Å²) in [6, 6.07) is 0.480. The molecule has 1 saturated heterocycles. The van der Waals surface area contributed by atoms with Crippen molar-refractivity contribution in [2.75, 3.05) is 13.2 Å². The van der Waals surface area contributed by atoms with Gasteiger partial charge in [0.05, 0.1) is 12.0 Å². The molecular formula is C25H40F3N3O2. The summed E-state index contributed by atoms with van der Waals surface area (Å²) in [6.07, 6.45) is 8.37. The molecule has 5 nitrogen and oxygen atoms in total. The fraction of sp³-hybridized carbons (Fsp3) is 0.880. The largest absolute Gasteiger partial charge is 0.391 e. The van der Waals surface area contributed by atoms with Gasteiger partial charge in [-0.2, -0.15) is 13.2 Å². The quantitative estimate of drug-likeness (QED) is 0.527. The van der Waals surface area contributed by atoms with Gasteiger partial charge >= 0.3 is 6.18 Å². The lowest BCUT2D eigenvalue weighted by Gasteiger charge is -2.41. The predicted octanol–water partition coefficient (Wildman–Crippen LogP) is 4.73. The van der Waals surface area contributed by atoms with Crippen molar-refractivity contribution in [2.45, 2.75) is 107 Å². The molecule has 2 N–H and O–H groups in total. The molecule has 0 aromatic carbocycles. The maximum absolute atomic E-state index is 13.1. The first kappa shape index (κ1) is 25.0. The van der Waals surface area contributed by atoms with Crippen LogP contribution in [0.25, 0.3) is 0 Å². The summed E-state index contributed by atoms with van der Waals surface area (Å²) in [5, 5.41) is 5.18. The number of fused-ring (bicyclic) bond motifs is 1. The number of alkyl halides is 3. The first-order valence-electron chi connectivity index (χ1n) is 13.0. The molecule has 3 aliphatic carbocycles. The van der Waals surface area contributed by atoms with Gasteiger partial charge in [-0.15, -0.1) is 0 Å². The number of hydrogen-bond acceptors (Lipinski definition) is 4. The second-order valence-corrected chi connectivity index (χ2v) is 10.6. The molecule has 3 saturated carbocycles. The molecule has 4 unspecified atom stereocenters. The molecular weight excluding hydrogens is 431 g/mol. The lowest BCUT2D eigenvalue weighted by molar-refractivity contribution is -0.185. The maximum Gasteiger partial charge on any atom is 0.391 e. The van der Waals surface area contributed by atoms with Crippen molar-refractivity contribution < 1.29 is 22.7 Å². The molecule has 1 aliphatic heterocycles. The van der Waals surface area contributed by atoms with Crippen molar-refractivity contribution in [1.29, 1.82) is 0 Å². The van der Waals surface area contributed by atoms with Crippen molar-refractivity contribution in [3.05, 3.63) is 12.7 Å². The average molecular weight is 472 g/mol. The van der Waals surface area contributed by atoms with Crippen LogP contribution in [0.5, 0.6) is 0 Å². The van der Waals surface area contributed by atoms with E-state index in [1.54, 1.807) is 0 Å². The second-order valence-electron chi connectivity index (χ2n) is 10.6. The Balaban J connectivity index is 1.36. The summed E-state index contributed by atoms with van der Waals surface area (Å²) in [6.45, 7) is 4.87. The zero-order chi connectivity index (χ0) is 23.4. The standard InChI is InChI=1S/C25H40F3N3O2/c1-2-24(32)29-15-22-21-14-20(33-16-17-6-4-3-5-7-17)12-13-23(21)31(30-22)19-10-8-18(9-11-19)25(26,27)28/h2,17-23,30H,1,3-16H2,(H,29,32). The van der Waals surface area contributed by atoms with Crippen LogP contribution >= 0.6 is 0 Å². The van der Waals surface area contributed by atoms with E-state index in [0.29, 0.717) is 31.2 Å². The molecule has 0 aromatic heterocycles. The lowest BCUT2D eigenvalue weighted by atomic mass is 9.78. The van der Waals surface area contributed by atoms with E-state index in [2.05, 4.69) is 22.3 Å². The van der Waals surface area contributed by atoms with Crippen molar-refractivity contribution >= 4 is 5.91 Å². The summed E-state index contributed by atoms with van der Waals surface area (Å²) in [5.74, 6) is -0.362. The van der Waals surface area contributed by atoms with Gasteiger partial charge in [-0.1, -0.05) is 25.8 Å². The van der Waals surface area contributed by atoms with Gasteiger partial charge in [0.25, 0.3) is 0 Å². The van der Waals surface area contributed by atoms with E-state index in [1.807, 2.05) is 0 Å². The smallest absolute Gasteiger partial charge is 0.378 e. The number of halogens is 3. The number of ether oxygens (including phenoxy) is 1. The van der Waals surface area contributed by atoms with E-state index in [0.717, 1.165) is 25.9 Å². The summed E-state index contributed by atoms with van der Waals surface area (Å²) >= 11 is 0. The fourth-order valence-electron chi connectivity index (χ4n) is 6.62. The molecule has 0 radical (unpaired) electrons. The number of amides is 1. The lowest BCUT2D eigenvalue weighted by Crippen LogP contribution is -2.50. The van der Waals surface area contributed by atoms with Gasteiger partial charge in [0.1, 0.15) is 0 Å². The Bertz CT molecular complexity index is 660. The van der Waals surface area contributed by atoms with Crippen LogP contribution in [0.2, 0.25) is 0 Å². The summed E-state index contributed by atoms with van der Waals surface area (Å²) in [4.78, 5) is 11.8. The number of nitrogens with one attached hydrogen (secondary N) is 2. The molecule has 0 bridgehead atoms. The first-order chi connectivity index (χ1) is 15.8. The topological polar surface area (TPSA) is 53.6 Å². The molecule has 4 fully saturated rings. The zero-order valence-corrected chi connectivity index (χ0v) is 19.6. The minimum absolute atomic E-state index is 0.0697. The van der Waals surface area contributed by atoms with Crippen LogP contribution in [0.4, 0.5) is 13.2 Å². The van der Waals surface area contributed by atoms with E-state index in [-0.39, 0.29) is 43.0 Å². The van der Waals surface area contributed by atoms with Crippen molar-refractivity contribution in [3.8, 4) is 0 Å². The number of nitrogens with zero attached hydrogens (tertiary/aromatic N) is 1. The molecule has 33 heavy (non-hydrogen) atoms.